The fourth-order valence-electron chi connectivity index (χ4n) is 6.61. The lowest BCUT2D eigenvalue weighted by Crippen LogP contribution is -2.52. The molecule has 31 nitrogen and oxygen atoms in total. The van der Waals surface area contributed by atoms with Gasteiger partial charge in [0.25, 0.3) is 13.4 Å². The first kappa shape index (κ1) is 58.0. The van der Waals surface area contributed by atoms with E-state index >= 15 is 0 Å². The second-order valence-electron chi connectivity index (χ2n) is 15.7. The van der Waals surface area contributed by atoms with E-state index in [0.717, 1.165) is 11.8 Å². The number of nitrogens with zero attached hydrogens (tertiary/aromatic N) is 1. The van der Waals surface area contributed by atoms with Gasteiger partial charge in [-0.15, -0.1) is 0 Å². The first-order chi connectivity index (χ1) is 33.1. The molecule has 2 aromatic rings. The predicted molar refractivity (Wildman–Crippen MR) is 217 cm³/mol. The number of H-pyrrole nitrogens is 2. The van der Waals surface area contributed by atoms with Gasteiger partial charge in [0.2, 0.25) is 23.6 Å². The van der Waals surface area contributed by atoms with Crippen molar-refractivity contribution in [1.29, 1.82) is 0 Å². The van der Waals surface area contributed by atoms with E-state index in [1.54, 1.807) is 0 Å². The van der Waals surface area contributed by atoms with Crippen LogP contribution in [0.5, 0.6) is 5.75 Å². The predicted octanol–water partition coefficient (Wildman–Crippen LogP) is -11.4. The summed E-state index contributed by atoms with van der Waals surface area (Å²) in [7, 11) is -5.62. The van der Waals surface area contributed by atoms with Crippen LogP contribution in [0.1, 0.15) is 69.4 Å². The third-order valence-electron chi connectivity index (χ3n) is 10.3. The van der Waals surface area contributed by atoms with Gasteiger partial charge in [-0.1, -0.05) is 6.07 Å². The number of carbonyl (C=O) groups excluding carboxylic acids is 9. The molecule has 9 atom stereocenters. The van der Waals surface area contributed by atoms with Crippen LogP contribution >= 0.6 is 7.82 Å². The maximum Gasteiger partial charge on any atom is 0.327 e. The van der Waals surface area contributed by atoms with Crippen LogP contribution in [0, 0.1) is 0 Å². The molecule has 2 heterocycles. The molecule has 1 aliphatic rings. The zero-order chi connectivity index (χ0) is 53.5. The Morgan fingerprint density at radius 2 is 1.18 bits per heavy atom. The zero-order valence-electron chi connectivity index (χ0n) is 37.0. The second-order valence-corrected chi connectivity index (χ2v) is 17.0. The number of phenols is 1. The molecule has 10 N–H and O–H groups in total. The molecule has 1 aliphatic heterocycles. The number of fused-ring (bicyclic) bond motifs is 2. The van der Waals surface area contributed by atoms with Crippen molar-refractivity contribution in [3.05, 3.63) is 50.2 Å². The number of carboxylic acid groups (broad SMARTS) is 5. The van der Waals surface area contributed by atoms with Crippen molar-refractivity contribution in [2.45, 2.75) is 113 Å². The molecule has 0 radical (unpaired) electrons. The van der Waals surface area contributed by atoms with Crippen LogP contribution in [0.2, 0.25) is 0 Å². The van der Waals surface area contributed by atoms with E-state index in [1.165, 1.54) is 18.2 Å². The van der Waals surface area contributed by atoms with Gasteiger partial charge in [0.1, 0.15) is 36.0 Å². The number of aromatic nitrogens is 2. The number of benzene rings is 1. The highest BCUT2D eigenvalue weighted by molar-refractivity contribution is 7.45. The lowest BCUT2D eigenvalue weighted by atomic mass is 9.97. The highest BCUT2D eigenvalue weighted by Crippen LogP contribution is 2.41. The van der Waals surface area contributed by atoms with Crippen molar-refractivity contribution in [2.24, 2.45) is 0 Å². The number of phosphoric acid groups is 1. The van der Waals surface area contributed by atoms with Crippen LogP contribution in [-0.4, -0.2) is 146 Å². The van der Waals surface area contributed by atoms with Crippen molar-refractivity contribution in [1.82, 2.24) is 31.2 Å². The fraction of sp³-hybridized carbons (Fsp3) is 0.513. The Hall–Kier alpha value is -7.28. The number of phenolic OH excluding ortho intramolecular Hbond substituents is 1. The van der Waals surface area contributed by atoms with Gasteiger partial charge in [-0.25, -0.2) is 4.79 Å². The number of aliphatic carboxylic acids is 5. The van der Waals surface area contributed by atoms with Gasteiger partial charge in [0.15, 0.2) is 0 Å². The van der Waals surface area contributed by atoms with E-state index in [2.05, 4.69) is 19.0 Å². The first-order valence-electron chi connectivity index (χ1n) is 20.9. The van der Waals surface area contributed by atoms with E-state index in [1.807, 2.05) is 21.3 Å². The van der Waals surface area contributed by atoms with Gasteiger partial charge in [-0.3, -0.25) is 38.5 Å². The van der Waals surface area contributed by atoms with Crippen LogP contribution in [0.25, 0.3) is 0 Å². The van der Waals surface area contributed by atoms with Gasteiger partial charge < -0.3 is 110 Å². The molecule has 1 aromatic carbocycles. The summed E-state index contributed by atoms with van der Waals surface area (Å²) in [4.78, 5) is 149. The number of amides is 4. The lowest BCUT2D eigenvalue weighted by Gasteiger charge is -2.35. The van der Waals surface area contributed by atoms with Gasteiger partial charge >= 0.3 is 5.69 Å². The van der Waals surface area contributed by atoms with Crippen LogP contribution < -0.4 is 67.8 Å². The van der Waals surface area contributed by atoms with Crippen LogP contribution in [0.3, 0.4) is 0 Å². The van der Waals surface area contributed by atoms with Crippen molar-refractivity contribution in [3.8, 4) is 5.75 Å². The van der Waals surface area contributed by atoms with E-state index in [-0.39, 0.29) is 29.2 Å². The van der Waals surface area contributed by atoms with Gasteiger partial charge in [-0.2, -0.15) is 0 Å². The molecule has 392 valence electrons. The molecular formula is C39H46N7O24P-6. The van der Waals surface area contributed by atoms with Crippen LogP contribution in [0.15, 0.2) is 27.8 Å². The summed E-state index contributed by atoms with van der Waals surface area (Å²) in [5.74, 6) is -14.6. The summed E-state index contributed by atoms with van der Waals surface area (Å²) in [5.41, 5.74) is -1.04. The van der Waals surface area contributed by atoms with Crippen LogP contribution in [0.4, 0.5) is 11.5 Å². The summed E-state index contributed by atoms with van der Waals surface area (Å²) >= 11 is 0. The molecule has 0 aliphatic carbocycles. The molecular weight excluding hydrogens is 981 g/mol. The summed E-state index contributed by atoms with van der Waals surface area (Å²) in [5, 5.41) is 106. The topological polar surface area (TPSA) is 526 Å². The minimum Gasteiger partial charge on any atom is -0.756 e. The molecule has 71 heavy (non-hydrogen) atoms. The smallest absolute Gasteiger partial charge is 0.327 e. The van der Waals surface area contributed by atoms with E-state index in [0.29, 0.717) is 5.56 Å². The van der Waals surface area contributed by atoms with E-state index < -0.39 is 186 Å². The Bertz CT molecular complexity index is 2500. The fourth-order valence-corrected chi connectivity index (χ4v) is 7.49. The Balaban J connectivity index is 1.49. The molecule has 0 fully saturated rings. The molecule has 0 saturated heterocycles. The highest BCUT2D eigenvalue weighted by atomic mass is 31.2. The Labute approximate surface area is 398 Å². The summed E-state index contributed by atoms with van der Waals surface area (Å²) in [6, 6.07) is -3.69. The number of aliphatic hydroxyl groups is 3. The second kappa shape index (κ2) is 26.1. The SMILES string of the molecule is C[C@H](OP(=O)([O-])OC[C@@H](O)[C@@H](O)[C@@H](O)CN1c2cc(O)ccc2Cc2c1[nH]c(=O)[nH]c2=O)C(=O)N[C@@H](CCC(=O)N[C@@H](CCC(=O)N[C@@H](CCC(=O)N[C@@H](CCC(=O)[O-])C(=O)[O-])C(=O)[O-])C(=O)[O-])C(=O)[O-]. The third kappa shape index (κ3) is 18.2. The number of aromatic amines is 2. The number of rotatable bonds is 30. The summed E-state index contributed by atoms with van der Waals surface area (Å²) in [6.07, 6.45) is -14.5. The van der Waals surface area contributed by atoms with Gasteiger partial charge in [0, 0.05) is 43.4 Å². The number of aliphatic hydroxyl groups excluding tert-OH is 3. The number of carbonyl (C=O) groups is 9. The summed E-state index contributed by atoms with van der Waals surface area (Å²) in [6.45, 7) is -1.17. The van der Waals surface area contributed by atoms with Crippen molar-refractivity contribution in [3.63, 3.8) is 0 Å². The van der Waals surface area contributed by atoms with Crippen molar-refractivity contribution < 1.29 is 108 Å². The number of nitrogens with one attached hydrogen (secondary N) is 6. The molecule has 1 aromatic heterocycles. The minimum atomic E-state index is -5.62. The molecule has 0 bridgehead atoms. The van der Waals surface area contributed by atoms with E-state index in [4.69, 9.17) is 0 Å². The van der Waals surface area contributed by atoms with Gasteiger partial charge in [-0.05, 0) is 50.7 Å². The number of carboxylic acids is 5. The maximum atomic E-state index is 12.7. The number of aromatic hydroxyl groups is 1. The molecule has 1 unspecified atom stereocenters. The molecule has 0 saturated carbocycles. The Morgan fingerprint density at radius 1 is 0.718 bits per heavy atom. The number of phosphoric ester groups is 1. The number of anilines is 2. The Morgan fingerprint density at radius 3 is 1.65 bits per heavy atom. The summed E-state index contributed by atoms with van der Waals surface area (Å²) < 4.78 is 21.7. The van der Waals surface area contributed by atoms with Crippen LogP contribution in [-0.2, 0) is 63.2 Å². The normalized spacial score (nSPS) is 16.1. The van der Waals surface area contributed by atoms with Gasteiger partial charge in [0.05, 0.1) is 66.8 Å². The minimum absolute atomic E-state index is 0.0137. The molecule has 0 spiro atoms. The number of β-amino-alcohol motifs (C(OH)–C–C–N with tert-alkyl or cyclic N) is 1. The largest absolute Gasteiger partial charge is 0.756 e. The maximum absolute atomic E-state index is 12.7. The van der Waals surface area contributed by atoms with E-state index in [9.17, 15) is 108 Å². The average molecular weight is 1030 g/mol. The first-order valence-corrected chi connectivity index (χ1v) is 22.4. The average Bonchev–Trinajstić information content (AvgIpc) is 3.27. The highest BCUT2D eigenvalue weighted by Gasteiger charge is 2.34. The number of hydrogen-bond acceptors (Lipinski definition) is 25. The number of hydrogen-bond donors (Lipinski definition) is 10. The third-order valence-corrected chi connectivity index (χ3v) is 11.4. The van der Waals surface area contributed by atoms with Crippen molar-refractivity contribution in [2.75, 3.05) is 18.1 Å². The quantitative estimate of drug-likeness (QED) is 0.0325. The molecule has 3 rings (SSSR count). The molecule has 4 amide bonds. The zero-order valence-corrected chi connectivity index (χ0v) is 37.9. The monoisotopic (exact) mass is 1030 g/mol. The van der Waals surface area contributed by atoms with Crippen molar-refractivity contribution >= 4 is 72.8 Å². The molecule has 32 heteroatoms. The Kier molecular flexibility index (Phi) is 21.3. The lowest BCUT2D eigenvalue weighted by molar-refractivity contribution is -0.311. The standard InChI is InChI=1S/C39H52N7O24P/c1-16(70-71(67,68)69-15-26(49)31(55)25(48)14-46-24-13-18(47)3-2-17(24)12-19-32(46)44-39(66)45-34(19)57)33(56)43-23(38(64)65)6-10-29(52)41-21(36(60)61)4-8-27(50)40-20(35(58)59)5-9-28(51)42-22(37(62)63)7-11-30(53)54/h2-3,13,16,20-23,25-26,31,47-49,55H,4-12,14-15H2,1H3,(H,40,50)(H,41,52)(H,42,51)(H,43,56)(H,53,54)(H,58,59)(H,60,61)(H,62,63)(H,64,65)(H,67,68)(H2,44,45,57,66)/p-6/t16-,20-,21-,22-,23-,25-,26+,31-/m0/s1.